The summed E-state index contributed by atoms with van der Waals surface area (Å²) in [5, 5.41) is 0. The van der Waals surface area contributed by atoms with Crippen LogP contribution in [0.5, 0.6) is 0 Å². The van der Waals surface area contributed by atoms with E-state index in [1.165, 1.54) is 4.21 Å². The van der Waals surface area contributed by atoms with Crippen molar-refractivity contribution in [1.29, 1.82) is 0 Å². The zero-order chi connectivity index (χ0) is 9.90. The van der Waals surface area contributed by atoms with Crippen molar-refractivity contribution in [3.05, 3.63) is 16.5 Å². The lowest BCUT2D eigenvalue weighted by Gasteiger charge is -2.20. The molecule has 74 valence electrons. The highest BCUT2D eigenvalue weighted by Gasteiger charge is 2.16. The summed E-state index contributed by atoms with van der Waals surface area (Å²) in [6.07, 6.45) is 0. The van der Waals surface area contributed by atoms with Gasteiger partial charge in [-0.25, -0.2) is 0 Å². The number of thioether (sulfide) groups is 1. The maximum Gasteiger partial charge on any atom is 0.0940 e. The molecule has 0 saturated carbocycles. The number of nitrogens with two attached hydrogens (primary N) is 1. The van der Waals surface area contributed by atoms with Gasteiger partial charge in [0.2, 0.25) is 0 Å². The van der Waals surface area contributed by atoms with E-state index in [-0.39, 0.29) is 5.41 Å². The SMILES string of the molecule is CC(C)(CN)CSc1ccc(Cl)s1. The molecule has 1 heterocycles. The van der Waals surface area contributed by atoms with Crippen molar-refractivity contribution in [2.24, 2.45) is 11.1 Å². The quantitative estimate of drug-likeness (QED) is 0.809. The Morgan fingerprint density at radius 1 is 1.54 bits per heavy atom. The minimum Gasteiger partial charge on any atom is -0.330 e. The maximum absolute atomic E-state index is 5.82. The Balaban J connectivity index is 2.43. The van der Waals surface area contributed by atoms with Crippen LogP contribution in [-0.4, -0.2) is 12.3 Å². The van der Waals surface area contributed by atoms with Crippen LogP contribution in [0.4, 0.5) is 0 Å². The van der Waals surface area contributed by atoms with E-state index in [0.29, 0.717) is 0 Å². The average molecular weight is 236 g/mol. The number of halogens is 1. The molecule has 1 rings (SSSR count). The molecule has 0 aliphatic heterocycles. The molecule has 0 aliphatic carbocycles. The maximum atomic E-state index is 5.82. The van der Waals surface area contributed by atoms with Crippen LogP contribution in [0.15, 0.2) is 16.3 Å². The van der Waals surface area contributed by atoms with Crippen LogP contribution in [0.25, 0.3) is 0 Å². The van der Waals surface area contributed by atoms with Gasteiger partial charge in [0, 0.05) is 5.75 Å². The molecule has 0 fully saturated rings. The van der Waals surface area contributed by atoms with E-state index in [2.05, 4.69) is 19.9 Å². The Morgan fingerprint density at radius 3 is 2.69 bits per heavy atom. The lowest BCUT2D eigenvalue weighted by atomic mass is 9.97. The first-order chi connectivity index (χ1) is 6.03. The highest BCUT2D eigenvalue weighted by molar-refractivity contribution is 8.01. The Morgan fingerprint density at radius 2 is 2.23 bits per heavy atom. The molecule has 2 N–H and O–H groups in total. The van der Waals surface area contributed by atoms with E-state index in [4.69, 9.17) is 17.3 Å². The molecule has 1 aromatic rings. The standard InChI is InChI=1S/C9H14ClNS2/c1-9(2,5-11)6-12-8-4-3-7(10)13-8/h3-4H,5-6,11H2,1-2H3. The van der Waals surface area contributed by atoms with Crippen LogP contribution < -0.4 is 5.73 Å². The summed E-state index contributed by atoms with van der Waals surface area (Å²) in [6.45, 7) is 5.07. The normalized spacial score (nSPS) is 12.0. The average Bonchev–Trinajstić information content (AvgIpc) is 2.48. The van der Waals surface area contributed by atoms with Gasteiger partial charge in [-0.15, -0.1) is 23.1 Å². The van der Waals surface area contributed by atoms with Crippen molar-refractivity contribution in [2.45, 2.75) is 18.1 Å². The van der Waals surface area contributed by atoms with Gasteiger partial charge in [-0.05, 0) is 24.1 Å². The molecule has 0 unspecified atom stereocenters. The zero-order valence-electron chi connectivity index (χ0n) is 7.84. The summed E-state index contributed by atoms with van der Waals surface area (Å²) in [7, 11) is 0. The largest absolute Gasteiger partial charge is 0.330 e. The van der Waals surface area contributed by atoms with Gasteiger partial charge in [-0.2, -0.15) is 0 Å². The first kappa shape index (κ1) is 11.4. The summed E-state index contributed by atoms with van der Waals surface area (Å²) < 4.78 is 2.12. The molecule has 0 saturated heterocycles. The van der Waals surface area contributed by atoms with E-state index < -0.39 is 0 Å². The van der Waals surface area contributed by atoms with Crippen molar-refractivity contribution in [1.82, 2.24) is 0 Å². The van der Waals surface area contributed by atoms with Crippen LogP contribution >= 0.6 is 34.7 Å². The number of hydrogen-bond acceptors (Lipinski definition) is 3. The van der Waals surface area contributed by atoms with E-state index in [1.807, 2.05) is 17.8 Å². The van der Waals surface area contributed by atoms with E-state index in [0.717, 1.165) is 16.6 Å². The fraction of sp³-hybridized carbons (Fsp3) is 0.556. The Kier molecular flexibility index (Phi) is 4.10. The summed E-state index contributed by atoms with van der Waals surface area (Å²) in [4.78, 5) is 0. The fourth-order valence-electron chi connectivity index (χ4n) is 0.701. The third kappa shape index (κ3) is 3.90. The van der Waals surface area contributed by atoms with Gasteiger partial charge >= 0.3 is 0 Å². The Labute approximate surface area is 92.7 Å². The molecule has 0 aliphatic rings. The summed E-state index contributed by atoms with van der Waals surface area (Å²) in [6, 6.07) is 3.99. The predicted molar refractivity (Wildman–Crippen MR) is 62.9 cm³/mol. The molecule has 1 aromatic heterocycles. The summed E-state index contributed by atoms with van der Waals surface area (Å²) in [5.41, 5.74) is 5.85. The lowest BCUT2D eigenvalue weighted by Crippen LogP contribution is -2.25. The number of hydrogen-bond donors (Lipinski definition) is 1. The monoisotopic (exact) mass is 235 g/mol. The second kappa shape index (κ2) is 4.69. The Hall–Kier alpha value is 0.300. The lowest BCUT2D eigenvalue weighted by molar-refractivity contribution is 0.439. The molecule has 0 amide bonds. The van der Waals surface area contributed by atoms with Crippen LogP contribution in [0.2, 0.25) is 4.34 Å². The van der Waals surface area contributed by atoms with Gasteiger partial charge in [0.25, 0.3) is 0 Å². The number of thiophene rings is 1. The molecule has 1 nitrogen and oxygen atoms in total. The predicted octanol–water partition coefficient (Wildman–Crippen LogP) is 3.48. The molecule has 0 radical (unpaired) electrons. The van der Waals surface area contributed by atoms with Gasteiger partial charge in [0.05, 0.1) is 8.55 Å². The topological polar surface area (TPSA) is 26.0 Å². The van der Waals surface area contributed by atoms with Gasteiger partial charge in [0.15, 0.2) is 0 Å². The van der Waals surface area contributed by atoms with Crippen LogP contribution in [0, 0.1) is 5.41 Å². The highest BCUT2D eigenvalue weighted by Crippen LogP contribution is 2.33. The van der Waals surface area contributed by atoms with Crippen molar-refractivity contribution in [3.63, 3.8) is 0 Å². The molecular formula is C9H14ClNS2. The number of rotatable bonds is 4. The first-order valence-corrected chi connectivity index (χ1v) is 6.30. The van der Waals surface area contributed by atoms with E-state index >= 15 is 0 Å². The third-order valence-corrected chi connectivity index (χ3v) is 4.68. The van der Waals surface area contributed by atoms with Crippen LogP contribution in [0.3, 0.4) is 0 Å². The summed E-state index contributed by atoms with van der Waals surface area (Å²) >= 11 is 9.28. The molecule has 0 atom stereocenters. The zero-order valence-corrected chi connectivity index (χ0v) is 10.2. The fourth-order valence-corrected chi connectivity index (χ4v) is 3.11. The molecule has 0 bridgehead atoms. The molecule has 4 heteroatoms. The van der Waals surface area contributed by atoms with Crippen LogP contribution in [0.1, 0.15) is 13.8 Å². The van der Waals surface area contributed by atoms with Crippen LogP contribution in [-0.2, 0) is 0 Å². The van der Waals surface area contributed by atoms with Crippen molar-refractivity contribution in [3.8, 4) is 0 Å². The minimum atomic E-state index is 0.209. The van der Waals surface area contributed by atoms with Gasteiger partial charge < -0.3 is 5.73 Å². The van der Waals surface area contributed by atoms with Crippen molar-refractivity contribution < 1.29 is 0 Å². The molecular weight excluding hydrogens is 222 g/mol. The van der Waals surface area contributed by atoms with Gasteiger partial charge in [-0.1, -0.05) is 25.4 Å². The van der Waals surface area contributed by atoms with E-state index in [1.54, 1.807) is 11.3 Å². The van der Waals surface area contributed by atoms with Crippen molar-refractivity contribution in [2.75, 3.05) is 12.3 Å². The molecule has 0 aromatic carbocycles. The smallest absolute Gasteiger partial charge is 0.0940 e. The van der Waals surface area contributed by atoms with Crippen molar-refractivity contribution >= 4 is 34.7 Å². The molecule has 0 spiro atoms. The first-order valence-electron chi connectivity index (χ1n) is 4.12. The van der Waals surface area contributed by atoms with Gasteiger partial charge in [-0.3, -0.25) is 0 Å². The molecule has 13 heavy (non-hydrogen) atoms. The summed E-state index contributed by atoms with van der Waals surface area (Å²) in [5.74, 6) is 1.04. The van der Waals surface area contributed by atoms with Gasteiger partial charge in [0.1, 0.15) is 0 Å². The second-order valence-electron chi connectivity index (χ2n) is 3.72. The minimum absolute atomic E-state index is 0.209. The third-order valence-electron chi connectivity index (χ3n) is 1.71. The second-order valence-corrected chi connectivity index (χ2v) is 6.71. The van der Waals surface area contributed by atoms with E-state index in [9.17, 15) is 0 Å². The highest BCUT2D eigenvalue weighted by atomic mass is 35.5. The Bertz CT molecular complexity index is 270.